The molecular weight excluding hydrogens is 493 g/mol. The van der Waals surface area contributed by atoms with Crippen molar-refractivity contribution in [2.75, 3.05) is 6.61 Å². The first-order chi connectivity index (χ1) is 17.6. The van der Waals surface area contributed by atoms with Gasteiger partial charge in [-0.1, -0.05) is 11.6 Å². The molecule has 4 nitrogen and oxygen atoms in total. The number of allylic oxidation sites excluding steroid dienone is 2. The Hall–Kier alpha value is -3.75. The maximum atomic E-state index is 14.1. The highest BCUT2D eigenvalue weighted by molar-refractivity contribution is 5.97. The van der Waals surface area contributed by atoms with Crippen LogP contribution in [-0.4, -0.2) is 17.6 Å². The lowest BCUT2D eigenvalue weighted by Crippen LogP contribution is -2.17. The van der Waals surface area contributed by atoms with Crippen molar-refractivity contribution in [3.05, 3.63) is 93.8 Å². The number of alkyl halides is 3. The Balaban J connectivity index is 1.75. The second kappa shape index (κ2) is 10.7. The van der Waals surface area contributed by atoms with Crippen molar-refractivity contribution in [1.29, 1.82) is 0 Å². The molecule has 37 heavy (non-hydrogen) atoms. The third-order valence-electron chi connectivity index (χ3n) is 6.08. The molecule has 0 radical (unpaired) electrons. The van der Waals surface area contributed by atoms with E-state index < -0.39 is 35.0 Å². The lowest BCUT2D eigenvalue weighted by Gasteiger charge is -2.17. The van der Waals surface area contributed by atoms with Crippen LogP contribution >= 0.6 is 0 Å². The summed E-state index contributed by atoms with van der Waals surface area (Å²) in [5.74, 6) is -2.05. The number of benzene rings is 2. The Kier molecular flexibility index (Phi) is 7.61. The summed E-state index contributed by atoms with van der Waals surface area (Å²) in [6, 6.07) is 9.87. The van der Waals surface area contributed by atoms with Crippen LogP contribution < -0.4 is 4.74 Å². The van der Waals surface area contributed by atoms with Crippen LogP contribution in [0.25, 0.3) is 11.1 Å². The van der Waals surface area contributed by atoms with Gasteiger partial charge in [-0.2, -0.15) is 13.2 Å². The van der Waals surface area contributed by atoms with Crippen LogP contribution in [0.1, 0.15) is 64.5 Å². The fourth-order valence-corrected chi connectivity index (χ4v) is 4.38. The van der Waals surface area contributed by atoms with Crippen LogP contribution in [0.4, 0.5) is 22.0 Å². The summed E-state index contributed by atoms with van der Waals surface area (Å²) in [6.07, 6.45) is -1.78. The SMILES string of the molecule is CCOC(=O)c1cc(C2=C(c3cc(C)ccc3OCc3ccc(F)cc3F)CCC2)cnc1C(F)(F)F. The molecule has 0 saturated heterocycles. The maximum absolute atomic E-state index is 14.1. The number of hydrogen-bond acceptors (Lipinski definition) is 4. The van der Waals surface area contributed by atoms with Gasteiger partial charge in [0, 0.05) is 23.4 Å². The summed E-state index contributed by atoms with van der Waals surface area (Å²) >= 11 is 0. The summed E-state index contributed by atoms with van der Waals surface area (Å²) in [6.45, 7) is 3.18. The minimum Gasteiger partial charge on any atom is -0.488 e. The lowest BCUT2D eigenvalue weighted by atomic mass is 9.95. The van der Waals surface area contributed by atoms with Crippen molar-refractivity contribution in [3.8, 4) is 5.75 Å². The molecule has 0 bridgehead atoms. The van der Waals surface area contributed by atoms with Gasteiger partial charge in [0.05, 0.1) is 12.2 Å². The number of hydrogen-bond donors (Lipinski definition) is 0. The highest BCUT2D eigenvalue weighted by Crippen LogP contribution is 2.44. The normalized spacial score (nSPS) is 13.7. The highest BCUT2D eigenvalue weighted by atomic mass is 19.4. The largest absolute Gasteiger partial charge is 0.488 e. The summed E-state index contributed by atoms with van der Waals surface area (Å²) < 4.78 is 78.7. The van der Waals surface area contributed by atoms with Crippen molar-refractivity contribution in [2.24, 2.45) is 0 Å². The molecule has 194 valence electrons. The molecule has 1 aromatic heterocycles. The van der Waals surface area contributed by atoms with E-state index in [4.69, 9.17) is 9.47 Å². The third kappa shape index (κ3) is 5.81. The number of halogens is 5. The van der Waals surface area contributed by atoms with Crippen LogP contribution in [0.15, 0.2) is 48.7 Å². The molecule has 0 unspecified atom stereocenters. The monoisotopic (exact) mass is 517 g/mol. The number of aryl methyl sites for hydroxylation is 1. The van der Waals surface area contributed by atoms with Crippen molar-refractivity contribution in [3.63, 3.8) is 0 Å². The van der Waals surface area contributed by atoms with Gasteiger partial charge in [-0.15, -0.1) is 0 Å². The van der Waals surface area contributed by atoms with E-state index >= 15 is 0 Å². The maximum Gasteiger partial charge on any atom is 0.434 e. The summed E-state index contributed by atoms with van der Waals surface area (Å²) in [4.78, 5) is 15.9. The summed E-state index contributed by atoms with van der Waals surface area (Å²) in [7, 11) is 0. The number of esters is 1. The van der Waals surface area contributed by atoms with Gasteiger partial charge in [-0.05, 0) is 80.2 Å². The average molecular weight is 517 g/mol. The Labute approximate surface area is 210 Å². The van der Waals surface area contributed by atoms with E-state index in [2.05, 4.69) is 4.98 Å². The predicted octanol–water partition coefficient (Wildman–Crippen LogP) is 7.54. The molecule has 4 rings (SSSR count). The first kappa shape index (κ1) is 26.3. The molecule has 0 spiro atoms. The van der Waals surface area contributed by atoms with Gasteiger partial charge in [0.1, 0.15) is 24.0 Å². The van der Waals surface area contributed by atoms with Gasteiger partial charge in [-0.25, -0.2) is 13.6 Å². The molecule has 1 heterocycles. The first-order valence-corrected chi connectivity index (χ1v) is 11.7. The van der Waals surface area contributed by atoms with E-state index in [9.17, 15) is 26.7 Å². The Morgan fingerprint density at radius 3 is 2.49 bits per heavy atom. The zero-order valence-corrected chi connectivity index (χ0v) is 20.2. The first-order valence-electron chi connectivity index (χ1n) is 11.7. The second-order valence-corrected chi connectivity index (χ2v) is 8.67. The fourth-order valence-electron chi connectivity index (χ4n) is 4.38. The fraction of sp³-hybridized carbons (Fsp3) is 0.286. The summed E-state index contributed by atoms with van der Waals surface area (Å²) in [5.41, 5.74) is 1.86. The molecule has 0 atom stereocenters. The van der Waals surface area contributed by atoms with Gasteiger partial charge < -0.3 is 9.47 Å². The minimum atomic E-state index is -4.82. The van der Waals surface area contributed by atoms with Crippen LogP contribution in [-0.2, 0) is 17.5 Å². The van der Waals surface area contributed by atoms with Crippen LogP contribution in [0.5, 0.6) is 5.75 Å². The number of pyridine rings is 1. The number of carbonyl (C=O) groups is 1. The molecule has 0 aliphatic heterocycles. The molecule has 1 aliphatic carbocycles. The van der Waals surface area contributed by atoms with E-state index in [1.807, 2.05) is 19.1 Å². The van der Waals surface area contributed by atoms with Gasteiger partial charge in [0.2, 0.25) is 0 Å². The van der Waals surface area contributed by atoms with Crippen molar-refractivity contribution >= 4 is 17.1 Å². The van der Waals surface area contributed by atoms with E-state index in [0.717, 1.165) is 41.5 Å². The Morgan fingerprint density at radius 2 is 1.78 bits per heavy atom. The standard InChI is InChI=1S/C28H24F5NO3/c1-3-36-27(35)23-12-18(14-34-26(23)28(31,32)33)20-5-4-6-21(20)22-11-16(2)7-10-25(22)37-15-17-8-9-19(29)13-24(17)30/h7-14H,3-6,15H2,1-2H3. The van der Waals surface area contributed by atoms with Gasteiger partial charge in [0.15, 0.2) is 5.69 Å². The Morgan fingerprint density at radius 1 is 1.03 bits per heavy atom. The number of aromatic nitrogens is 1. The quantitative estimate of drug-likeness (QED) is 0.240. The van der Waals surface area contributed by atoms with E-state index in [-0.39, 0.29) is 18.8 Å². The average Bonchev–Trinajstić information content (AvgIpc) is 3.33. The van der Waals surface area contributed by atoms with E-state index in [1.165, 1.54) is 19.1 Å². The zero-order valence-electron chi connectivity index (χ0n) is 20.2. The number of carbonyl (C=O) groups excluding carboxylic acids is 1. The van der Waals surface area contributed by atoms with Crippen molar-refractivity contribution in [2.45, 2.75) is 45.9 Å². The van der Waals surface area contributed by atoms with Crippen molar-refractivity contribution < 1.29 is 36.2 Å². The molecule has 3 aromatic rings. The summed E-state index contributed by atoms with van der Waals surface area (Å²) in [5, 5.41) is 0. The van der Waals surface area contributed by atoms with Crippen molar-refractivity contribution in [1.82, 2.24) is 4.98 Å². The zero-order chi connectivity index (χ0) is 26.7. The van der Waals surface area contributed by atoms with E-state index in [0.29, 0.717) is 29.7 Å². The van der Waals surface area contributed by atoms with Crippen LogP contribution in [0.3, 0.4) is 0 Å². The highest BCUT2D eigenvalue weighted by Gasteiger charge is 2.38. The smallest absolute Gasteiger partial charge is 0.434 e. The van der Waals surface area contributed by atoms with E-state index in [1.54, 1.807) is 6.07 Å². The molecule has 0 N–H and O–H groups in total. The molecule has 0 fully saturated rings. The number of ether oxygens (including phenoxy) is 2. The number of rotatable bonds is 7. The Bertz CT molecular complexity index is 1360. The van der Waals surface area contributed by atoms with Crippen LogP contribution in [0.2, 0.25) is 0 Å². The third-order valence-corrected chi connectivity index (χ3v) is 6.08. The minimum absolute atomic E-state index is 0.0764. The number of nitrogens with zero attached hydrogens (tertiary/aromatic N) is 1. The molecule has 2 aromatic carbocycles. The molecule has 0 amide bonds. The van der Waals surface area contributed by atoms with Crippen LogP contribution in [0, 0.1) is 18.6 Å². The van der Waals surface area contributed by atoms with Gasteiger partial charge >= 0.3 is 12.1 Å². The molecule has 0 saturated carbocycles. The topological polar surface area (TPSA) is 48.4 Å². The molecule has 9 heteroatoms. The lowest BCUT2D eigenvalue weighted by molar-refractivity contribution is -0.141. The molecule has 1 aliphatic rings. The predicted molar refractivity (Wildman–Crippen MR) is 128 cm³/mol. The molecular formula is C28H24F5NO3. The van der Waals surface area contributed by atoms with Gasteiger partial charge in [0.25, 0.3) is 0 Å². The van der Waals surface area contributed by atoms with Gasteiger partial charge in [-0.3, -0.25) is 4.98 Å². The second-order valence-electron chi connectivity index (χ2n) is 8.67.